The van der Waals surface area contributed by atoms with Gasteiger partial charge in [-0.05, 0) is 64.3 Å². The van der Waals surface area contributed by atoms with Crippen molar-refractivity contribution in [2.45, 2.75) is 59.2 Å². The van der Waals surface area contributed by atoms with Gasteiger partial charge < -0.3 is 18.8 Å². The van der Waals surface area contributed by atoms with Crippen LogP contribution in [0.1, 0.15) is 55.2 Å². The minimum Gasteiger partial charge on any atom is -0.496 e. The van der Waals surface area contributed by atoms with Crippen LogP contribution in [0.4, 0.5) is 0 Å². The Kier molecular flexibility index (Phi) is 7.40. The molecule has 5 rings (SSSR count). The Labute approximate surface area is 225 Å². The van der Waals surface area contributed by atoms with E-state index < -0.39 is 12.0 Å². The van der Waals surface area contributed by atoms with Gasteiger partial charge in [0.05, 0.1) is 35.6 Å². The van der Waals surface area contributed by atoms with Crippen LogP contribution in [-0.2, 0) is 20.8 Å². The van der Waals surface area contributed by atoms with Gasteiger partial charge in [0.1, 0.15) is 11.8 Å². The molecule has 2 aliphatic heterocycles. The Morgan fingerprint density at radius 2 is 2.05 bits per heavy atom. The fraction of sp³-hybridized carbons (Fsp3) is 0.414. The summed E-state index contributed by atoms with van der Waals surface area (Å²) in [6, 6.07) is 8.82. The molecule has 0 saturated carbocycles. The molecule has 0 unspecified atom stereocenters. The Balaban J connectivity index is 1.66. The maximum absolute atomic E-state index is 14.0. The van der Waals surface area contributed by atoms with Crippen molar-refractivity contribution in [2.24, 2.45) is 4.99 Å². The molecule has 0 bridgehead atoms. The van der Waals surface area contributed by atoms with Crippen molar-refractivity contribution in [3.63, 3.8) is 0 Å². The van der Waals surface area contributed by atoms with E-state index in [-0.39, 0.29) is 18.3 Å². The zero-order chi connectivity index (χ0) is 27.0. The summed E-state index contributed by atoms with van der Waals surface area (Å²) in [5.74, 6) is 0.0952. The summed E-state index contributed by atoms with van der Waals surface area (Å²) < 4.78 is 21.3. The van der Waals surface area contributed by atoms with E-state index in [2.05, 4.69) is 29.5 Å². The molecular formula is C29H33N3O5S. The zero-order valence-electron chi connectivity index (χ0n) is 22.4. The van der Waals surface area contributed by atoms with E-state index in [0.29, 0.717) is 31.9 Å². The first kappa shape index (κ1) is 26.2. The van der Waals surface area contributed by atoms with Gasteiger partial charge in [-0.2, -0.15) is 0 Å². The number of carbonyl (C=O) groups is 1. The molecule has 0 spiro atoms. The summed E-state index contributed by atoms with van der Waals surface area (Å²) in [5, 5.41) is 0. The molecule has 0 amide bonds. The molecule has 200 valence electrons. The van der Waals surface area contributed by atoms with Crippen LogP contribution in [0, 0.1) is 13.8 Å². The third kappa shape index (κ3) is 4.65. The summed E-state index contributed by atoms with van der Waals surface area (Å²) in [6.45, 7) is 9.55. The normalized spacial score (nSPS) is 19.4. The molecule has 2 atom stereocenters. The molecule has 38 heavy (non-hydrogen) atoms. The van der Waals surface area contributed by atoms with Crippen LogP contribution >= 0.6 is 11.3 Å². The molecule has 0 radical (unpaired) electrons. The van der Waals surface area contributed by atoms with Crippen LogP contribution in [-0.4, -0.2) is 41.5 Å². The Hall–Kier alpha value is -3.43. The predicted octanol–water partition coefficient (Wildman–Crippen LogP) is 3.40. The van der Waals surface area contributed by atoms with Crippen LogP contribution < -0.4 is 19.6 Å². The predicted molar refractivity (Wildman–Crippen MR) is 146 cm³/mol. The molecule has 0 N–H and O–H groups in total. The topological polar surface area (TPSA) is 84.0 Å². The number of allylic oxidation sites excluding steroid dienone is 1. The number of esters is 1. The van der Waals surface area contributed by atoms with Crippen molar-refractivity contribution in [1.29, 1.82) is 0 Å². The number of para-hydroxylation sites is 1. The second-order valence-electron chi connectivity index (χ2n) is 9.62. The largest absolute Gasteiger partial charge is 0.496 e. The molecule has 8 nitrogen and oxygen atoms in total. The van der Waals surface area contributed by atoms with Crippen LogP contribution in [0.2, 0.25) is 0 Å². The van der Waals surface area contributed by atoms with Gasteiger partial charge in [-0.15, -0.1) is 0 Å². The molecule has 3 aromatic rings. The number of ether oxygens (including phenoxy) is 3. The molecular weight excluding hydrogens is 502 g/mol. The van der Waals surface area contributed by atoms with Crippen LogP contribution in [0.3, 0.4) is 0 Å². The molecule has 1 aromatic carbocycles. The third-order valence-electron chi connectivity index (χ3n) is 7.26. The highest BCUT2D eigenvalue weighted by Crippen LogP contribution is 2.35. The highest BCUT2D eigenvalue weighted by atomic mass is 32.1. The van der Waals surface area contributed by atoms with Gasteiger partial charge in [0.25, 0.3) is 5.56 Å². The van der Waals surface area contributed by atoms with Crippen molar-refractivity contribution in [3.8, 4) is 5.75 Å². The SMILES string of the molecule is CCOC(=O)C1=C(C)N=c2s/c(=C\c3cc(C)n(C[C@@H]4CCCO4)c3C)c(=O)n2[C@H]1c1ccccc1OC. The molecule has 0 aliphatic carbocycles. The average Bonchev–Trinajstić information content (AvgIpc) is 3.59. The maximum Gasteiger partial charge on any atom is 0.338 e. The number of benzene rings is 1. The fourth-order valence-electron chi connectivity index (χ4n) is 5.37. The number of methoxy groups -OCH3 is 1. The maximum atomic E-state index is 14.0. The first-order chi connectivity index (χ1) is 18.3. The number of hydrogen-bond acceptors (Lipinski definition) is 7. The number of carbonyl (C=O) groups excluding carboxylic acids is 1. The van der Waals surface area contributed by atoms with Crippen molar-refractivity contribution >= 4 is 23.4 Å². The number of thiazole rings is 1. The molecule has 4 heterocycles. The molecule has 1 saturated heterocycles. The van der Waals surface area contributed by atoms with Gasteiger partial charge in [0, 0.05) is 30.1 Å². The van der Waals surface area contributed by atoms with Crippen molar-refractivity contribution in [3.05, 3.63) is 83.8 Å². The second-order valence-corrected chi connectivity index (χ2v) is 10.6. The lowest BCUT2D eigenvalue weighted by Gasteiger charge is -2.25. The summed E-state index contributed by atoms with van der Waals surface area (Å²) in [7, 11) is 1.58. The van der Waals surface area contributed by atoms with Crippen molar-refractivity contribution < 1.29 is 19.0 Å². The first-order valence-electron chi connectivity index (χ1n) is 12.9. The van der Waals surface area contributed by atoms with Crippen LogP contribution in [0.25, 0.3) is 6.08 Å². The van der Waals surface area contributed by atoms with Gasteiger partial charge >= 0.3 is 5.97 Å². The van der Waals surface area contributed by atoms with Gasteiger partial charge in [-0.25, -0.2) is 9.79 Å². The number of hydrogen-bond donors (Lipinski definition) is 0. The van der Waals surface area contributed by atoms with Gasteiger partial charge in [0.2, 0.25) is 0 Å². The van der Waals surface area contributed by atoms with E-state index in [1.807, 2.05) is 30.3 Å². The van der Waals surface area contributed by atoms with E-state index in [0.717, 1.165) is 42.9 Å². The van der Waals surface area contributed by atoms with E-state index in [1.54, 1.807) is 25.5 Å². The highest BCUT2D eigenvalue weighted by Gasteiger charge is 2.35. The smallest absolute Gasteiger partial charge is 0.338 e. The lowest BCUT2D eigenvalue weighted by atomic mass is 9.95. The minimum atomic E-state index is -0.712. The van der Waals surface area contributed by atoms with E-state index in [4.69, 9.17) is 14.2 Å². The number of aryl methyl sites for hydroxylation is 1. The highest BCUT2D eigenvalue weighted by molar-refractivity contribution is 7.07. The Bertz CT molecular complexity index is 1590. The lowest BCUT2D eigenvalue weighted by Crippen LogP contribution is -2.40. The van der Waals surface area contributed by atoms with Gasteiger partial charge in [-0.1, -0.05) is 29.5 Å². The quantitative estimate of drug-likeness (QED) is 0.433. The van der Waals surface area contributed by atoms with Gasteiger partial charge in [-0.3, -0.25) is 9.36 Å². The van der Waals surface area contributed by atoms with Crippen molar-refractivity contribution in [1.82, 2.24) is 9.13 Å². The van der Waals surface area contributed by atoms with Crippen LogP contribution in [0.5, 0.6) is 5.75 Å². The van der Waals surface area contributed by atoms with Crippen LogP contribution in [0.15, 0.2) is 51.4 Å². The van der Waals surface area contributed by atoms with E-state index in [9.17, 15) is 9.59 Å². The number of fused-ring (bicyclic) bond motifs is 1. The summed E-state index contributed by atoms with van der Waals surface area (Å²) in [4.78, 5) is 32.3. The summed E-state index contributed by atoms with van der Waals surface area (Å²) >= 11 is 1.32. The number of aromatic nitrogens is 2. The molecule has 9 heteroatoms. The standard InChI is InChI=1S/C29H33N3O5S/c1-6-36-28(34)25-18(3)30-29-32(26(25)22-11-7-8-12-23(22)35-5)27(33)24(38-29)15-20-14-17(2)31(19(20)4)16-21-10-9-13-37-21/h7-8,11-12,14-15,21,26H,6,9-10,13,16H2,1-5H3/b24-15-/t21-,26-/m0/s1. The second kappa shape index (κ2) is 10.7. The van der Waals surface area contributed by atoms with Crippen molar-refractivity contribution in [2.75, 3.05) is 20.3 Å². The average molecular weight is 536 g/mol. The summed E-state index contributed by atoms with van der Waals surface area (Å²) in [6.07, 6.45) is 4.32. The zero-order valence-corrected chi connectivity index (χ0v) is 23.3. The number of rotatable bonds is 7. The molecule has 1 fully saturated rings. The molecule has 2 aromatic heterocycles. The minimum absolute atomic E-state index is 0.206. The van der Waals surface area contributed by atoms with Gasteiger partial charge in [0.15, 0.2) is 4.80 Å². The number of nitrogens with zero attached hydrogens (tertiary/aromatic N) is 3. The lowest BCUT2D eigenvalue weighted by molar-refractivity contribution is -0.139. The monoisotopic (exact) mass is 535 g/mol. The van der Waals surface area contributed by atoms with E-state index >= 15 is 0 Å². The summed E-state index contributed by atoms with van der Waals surface area (Å²) in [5.41, 5.74) is 4.57. The van der Waals surface area contributed by atoms with E-state index in [1.165, 1.54) is 11.3 Å². The third-order valence-corrected chi connectivity index (χ3v) is 8.24. The Morgan fingerprint density at radius 3 is 2.76 bits per heavy atom. The first-order valence-corrected chi connectivity index (χ1v) is 13.8. The molecule has 2 aliphatic rings. The fourth-order valence-corrected chi connectivity index (χ4v) is 6.40. The Morgan fingerprint density at radius 1 is 1.26 bits per heavy atom.